The molecule has 2 aromatic heterocycles. The Bertz CT molecular complexity index is 403. The Hall–Kier alpha value is -1.91. The molecular weight excluding hydrogens is 166 g/mol. The number of aromatic nitrogens is 4. The lowest BCUT2D eigenvalue weighted by atomic mass is 10.3. The van der Waals surface area contributed by atoms with Crippen LogP contribution in [0.15, 0.2) is 24.4 Å². The topological polar surface area (TPSA) is 69.6 Å². The summed E-state index contributed by atoms with van der Waals surface area (Å²) < 4.78 is 1.72. The Kier molecular flexibility index (Phi) is 1.70. The molecule has 0 radical (unpaired) electrons. The molecule has 0 unspecified atom stereocenters. The van der Waals surface area contributed by atoms with Crippen molar-refractivity contribution in [3.05, 3.63) is 24.4 Å². The Morgan fingerprint density at radius 3 is 2.54 bits per heavy atom. The zero-order chi connectivity index (χ0) is 9.26. The molecule has 2 rings (SSSR count). The van der Waals surface area contributed by atoms with Gasteiger partial charge in [-0.25, -0.2) is 0 Å². The molecule has 0 bridgehead atoms. The van der Waals surface area contributed by atoms with E-state index in [1.165, 1.54) is 0 Å². The van der Waals surface area contributed by atoms with Gasteiger partial charge in [-0.15, -0.1) is 10.2 Å². The maximum absolute atomic E-state index is 5.41. The van der Waals surface area contributed by atoms with E-state index in [0.29, 0.717) is 5.82 Å². The zero-order valence-corrected chi connectivity index (χ0v) is 7.18. The van der Waals surface area contributed by atoms with Gasteiger partial charge in [-0.05, 0) is 18.2 Å². The van der Waals surface area contributed by atoms with Gasteiger partial charge in [0.2, 0.25) is 0 Å². The largest absolute Gasteiger partial charge is 0.382 e. The van der Waals surface area contributed by atoms with E-state index >= 15 is 0 Å². The minimum absolute atomic E-state index is 0.416. The fraction of sp³-hybridized carbons (Fsp3) is 0.125. The van der Waals surface area contributed by atoms with Gasteiger partial charge in [-0.3, -0.25) is 4.68 Å². The second kappa shape index (κ2) is 2.85. The van der Waals surface area contributed by atoms with Crippen molar-refractivity contribution in [3.8, 4) is 11.4 Å². The summed E-state index contributed by atoms with van der Waals surface area (Å²) in [6.07, 6.45) is 1.85. The van der Waals surface area contributed by atoms with Crippen molar-refractivity contribution in [2.24, 2.45) is 7.05 Å². The minimum atomic E-state index is 0.416. The summed E-state index contributed by atoms with van der Waals surface area (Å²) >= 11 is 0. The zero-order valence-electron chi connectivity index (χ0n) is 7.18. The van der Waals surface area contributed by atoms with Gasteiger partial charge in [0.05, 0.1) is 0 Å². The van der Waals surface area contributed by atoms with E-state index in [-0.39, 0.29) is 0 Å². The number of rotatable bonds is 1. The summed E-state index contributed by atoms with van der Waals surface area (Å²) in [4.78, 5) is 0. The van der Waals surface area contributed by atoms with Gasteiger partial charge in [0.1, 0.15) is 17.2 Å². The average molecular weight is 175 g/mol. The third-order valence-electron chi connectivity index (χ3n) is 1.66. The molecule has 0 saturated heterocycles. The highest BCUT2D eigenvalue weighted by atomic mass is 15.3. The first-order valence-electron chi connectivity index (χ1n) is 3.85. The molecule has 5 nitrogen and oxygen atoms in total. The van der Waals surface area contributed by atoms with Crippen LogP contribution < -0.4 is 5.73 Å². The lowest BCUT2D eigenvalue weighted by Gasteiger charge is -1.94. The van der Waals surface area contributed by atoms with E-state index in [0.717, 1.165) is 11.4 Å². The number of nitrogen functional groups attached to an aromatic ring is 1. The number of hydrogen-bond donors (Lipinski definition) is 1. The molecule has 0 spiro atoms. The molecule has 0 atom stereocenters. The summed E-state index contributed by atoms with van der Waals surface area (Å²) in [6.45, 7) is 0. The molecule has 0 amide bonds. The van der Waals surface area contributed by atoms with Crippen molar-refractivity contribution in [1.29, 1.82) is 0 Å². The van der Waals surface area contributed by atoms with E-state index in [2.05, 4.69) is 15.3 Å². The summed E-state index contributed by atoms with van der Waals surface area (Å²) in [7, 11) is 1.86. The van der Waals surface area contributed by atoms with Crippen LogP contribution in [0.3, 0.4) is 0 Å². The highest BCUT2D eigenvalue weighted by molar-refractivity contribution is 5.53. The van der Waals surface area contributed by atoms with Gasteiger partial charge in [-0.2, -0.15) is 5.10 Å². The van der Waals surface area contributed by atoms with Crippen LogP contribution in [0.4, 0.5) is 5.82 Å². The molecule has 0 fully saturated rings. The molecule has 2 aromatic rings. The first-order chi connectivity index (χ1) is 6.25. The molecule has 0 aromatic carbocycles. The first-order valence-corrected chi connectivity index (χ1v) is 3.85. The molecule has 0 saturated carbocycles. The van der Waals surface area contributed by atoms with Gasteiger partial charge < -0.3 is 5.73 Å². The number of anilines is 1. The number of nitrogens with zero attached hydrogens (tertiary/aromatic N) is 4. The Labute approximate surface area is 75.2 Å². The first kappa shape index (κ1) is 7.72. The number of nitrogens with two attached hydrogens (primary N) is 1. The van der Waals surface area contributed by atoms with Crippen molar-refractivity contribution >= 4 is 5.82 Å². The lowest BCUT2D eigenvalue weighted by molar-refractivity contribution is 0.769. The monoisotopic (exact) mass is 175 g/mol. The smallest absolute Gasteiger partial charge is 0.146 e. The predicted molar refractivity (Wildman–Crippen MR) is 48.6 cm³/mol. The van der Waals surface area contributed by atoms with Crippen LogP contribution in [0.1, 0.15) is 0 Å². The van der Waals surface area contributed by atoms with Gasteiger partial charge >= 0.3 is 0 Å². The van der Waals surface area contributed by atoms with Crippen LogP contribution in [-0.4, -0.2) is 20.0 Å². The summed E-state index contributed by atoms with van der Waals surface area (Å²) in [5.74, 6) is 0.416. The maximum Gasteiger partial charge on any atom is 0.146 e. The summed E-state index contributed by atoms with van der Waals surface area (Å²) in [6, 6.07) is 5.38. The lowest BCUT2D eigenvalue weighted by Crippen LogP contribution is -1.94. The summed E-state index contributed by atoms with van der Waals surface area (Å²) in [5, 5.41) is 11.8. The maximum atomic E-state index is 5.41. The molecule has 0 aliphatic heterocycles. The van der Waals surface area contributed by atoms with Crippen molar-refractivity contribution < 1.29 is 0 Å². The Balaban J connectivity index is 2.41. The fourth-order valence-electron chi connectivity index (χ4n) is 1.03. The minimum Gasteiger partial charge on any atom is -0.382 e. The van der Waals surface area contributed by atoms with Gasteiger partial charge in [0, 0.05) is 13.2 Å². The molecule has 0 aliphatic carbocycles. The van der Waals surface area contributed by atoms with E-state index in [1.807, 2.05) is 19.3 Å². The highest BCUT2D eigenvalue weighted by Gasteiger charge is 2.01. The van der Waals surface area contributed by atoms with Crippen molar-refractivity contribution in [2.75, 3.05) is 5.73 Å². The van der Waals surface area contributed by atoms with Crippen LogP contribution in [0.5, 0.6) is 0 Å². The number of aryl methyl sites for hydroxylation is 1. The third-order valence-corrected chi connectivity index (χ3v) is 1.66. The van der Waals surface area contributed by atoms with Crippen LogP contribution in [0.25, 0.3) is 11.4 Å². The van der Waals surface area contributed by atoms with E-state index in [9.17, 15) is 0 Å². The SMILES string of the molecule is Cn1ccc(-c2ccc(N)nn2)n1. The second-order valence-corrected chi connectivity index (χ2v) is 2.72. The summed E-state index contributed by atoms with van der Waals surface area (Å²) in [5.41, 5.74) is 6.94. The second-order valence-electron chi connectivity index (χ2n) is 2.72. The molecule has 0 aliphatic rings. The van der Waals surface area contributed by atoms with Crippen LogP contribution >= 0.6 is 0 Å². The average Bonchev–Trinajstić information content (AvgIpc) is 2.53. The Morgan fingerprint density at radius 2 is 2.00 bits per heavy atom. The molecule has 2 N–H and O–H groups in total. The predicted octanol–water partition coefficient (Wildman–Crippen LogP) is 0.459. The van der Waals surface area contributed by atoms with Crippen molar-refractivity contribution in [3.63, 3.8) is 0 Å². The Morgan fingerprint density at radius 1 is 1.15 bits per heavy atom. The van der Waals surface area contributed by atoms with Crippen LogP contribution in [-0.2, 0) is 7.05 Å². The van der Waals surface area contributed by atoms with E-state index < -0.39 is 0 Å². The highest BCUT2D eigenvalue weighted by Crippen LogP contribution is 2.12. The number of hydrogen-bond acceptors (Lipinski definition) is 4. The van der Waals surface area contributed by atoms with Crippen LogP contribution in [0, 0.1) is 0 Å². The molecule has 13 heavy (non-hydrogen) atoms. The van der Waals surface area contributed by atoms with E-state index in [4.69, 9.17) is 5.73 Å². The van der Waals surface area contributed by atoms with Gasteiger partial charge in [0.15, 0.2) is 0 Å². The standard InChI is InChI=1S/C8H9N5/c1-13-5-4-7(12-13)6-2-3-8(9)11-10-6/h2-5H,1H3,(H2,9,11). The van der Waals surface area contributed by atoms with Crippen molar-refractivity contribution in [2.45, 2.75) is 0 Å². The molecule has 66 valence electrons. The third kappa shape index (κ3) is 1.48. The fourth-order valence-corrected chi connectivity index (χ4v) is 1.03. The van der Waals surface area contributed by atoms with Crippen LogP contribution in [0.2, 0.25) is 0 Å². The van der Waals surface area contributed by atoms with Gasteiger partial charge in [0.25, 0.3) is 0 Å². The molecule has 5 heteroatoms. The molecule has 2 heterocycles. The van der Waals surface area contributed by atoms with Gasteiger partial charge in [-0.1, -0.05) is 0 Å². The quantitative estimate of drug-likeness (QED) is 0.683. The van der Waals surface area contributed by atoms with Crippen molar-refractivity contribution in [1.82, 2.24) is 20.0 Å². The van der Waals surface area contributed by atoms with E-state index in [1.54, 1.807) is 16.8 Å². The normalized spacial score (nSPS) is 10.2. The molecular formula is C8H9N5.